The number of rotatable bonds is 7. The van der Waals surface area contributed by atoms with Crippen molar-refractivity contribution >= 4 is 0 Å². The van der Waals surface area contributed by atoms with E-state index in [4.69, 9.17) is 9.47 Å². The van der Waals surface area contributed by atoms with Gasteiger partial charge in [-0.3, -0.25) is 4.90 Å². The fourth-order valence-corrected chi connectivity index (χ4v) is 3.31. The fraction of sp³-hybridized carbons (Fsp3) is 0.667. The molecule has 23 heavy (non-hydrogen) atoms. The van der Waals surface area contributed by atoms with Crippen molar-refractivity contribution in [2.45, 2.75) is 26.8 Å². The highest BCUT2D eigenvalue weighted by atomic mass is 16.5. The summed E-state index contributed by atoms with van der Waals surface area (Å²) >= 11 is 0. The highest BCUT2D eigenvalue weighted by molar-refractivity contribution is 5.44. The second-order valence-corrected chi connectivity index (χ2v) is 6.68. The van der Waals surface area contributed by atoms with Crippen molar-refractivity contribution in [1.29, 1.82) is 0 Å². The number of methoxy groups -OCH3 is 1. The lowest BCUT2D eigenvalue weighted by molar-refractivity contribution is 0.0304. The molecule has 0 unspecified atom stereocenters. The van der Waals surface area contributed by atoms with Crippen LogP contribution in [0.1, 0.15) is 32.4 Å². The minimum absolute atomic E-state index is 0.137. The minimum atomic E-state index is -0.241. The SMILES string of the molecule is CCOc1cc([C@H](N2CCNCC2)C(C)(C)CO)ccc1OC. The average molecular weight is 322 g/mol. The third-order valence-electron chi connectivity index (χ3n) is 4.47. The van der Waals surface area contributed by atoms with Gasteiger partial charge >= 0.3 is 0 Å². The first-order chi connectivity index (χ1) is 11.0. The summed E-state index contributed by atoms with van der Waals surface area (Å²) in [6.07, 6.45) is 0. The molecule has 1 aromatic rings. The highest BCUT2D eigenvalue weighted by Crippen LogP contribution is 2.41. The quantitative estimate of drug-likeness (QED) is 0.805. The first kappa shape index (κ1) is 18.0. The second-order valence-electron chi connectivity index (χ2n) is 6.68. The summed E-state index contributed by atoms with van der Waals surface area (Å²) in [7, 11) is 1.66. The largest absolute Gasteiger partial charge is 0.493 e. The molecule has 1 atom stereocenters. The number of hydrogen-bond donors (Lipinski definition) is 2. The van der Waals surface area contributed by atoms with Gasteiger partial charge in [-0.1, -0.05) is 19.9 Å². The highest BCUT2D eigenvalue weighted by Gasteiger charge is 2.36. The van der Waals surface area contributed by atoms with E-state index in [2.05, 4.69) is 36.2 Å². The molecule has 1 fully saturated rings. The van der Waals surface area contributed by atoms with Gasteiger partial charge in [-0.05, 0) is 24.6 Å². The number of benzene rings is 1. The van der Waals surface area contributed by atoms with Gasteiger partial charge in [0.05, 0.1) is 13.7 Å². The molecular weight excluding hydrogens is 292 g/mol. The number of hydrogen-bond acceptors (Lipinski definition) is 5. The smallest absolute Gasteiger partial charge is 0.161 e. The van der Waals surface area contributed by atoms with Crippen LogP contribution in [-0.2, 0) is 0 Å². The molecule has 0 radical (unpaired) electrons. The van der Waals surface area contributed by atoms with E-state index in [9.17, 15) is 5.11 Å². The summed E-state index contributed by atoms with van der Waals surface area (Å²) in [6.45, 7) is 10.8. The fourth-order valence-electron chi connectivity index (χ4n) is 3.31. The van der Waals surface area contributed by atoms with Crippen LogP contribution >= 0.6 is 0 Å². The Hall–Kier alpha value is -1.30. The van der Waals surface area contributed by atoms with Crippen LogP contribution in [0.4, 0.5) is 0 Å². The van der Waals surface area contributed by atoms with E-state index in [1.165, 1.54) is 0 Å². The van der Waals surface area contributed by atoms with E-state index in [0.717, 1.165) is 43.2 Å². The Morgan fingerprint density at radius 3 is 2.52 bits per heavy atom. The number of aliphatic hydroxyl groups excluding tert-OH is 1. The molecule has 1 aliphatic heterocycles. The number of nitrogens with one attached hydrogen (secondary N) is 1. The summed E-state index contributed by atoms with van der Waals surface area (Å²) in [6, 6.07) is 6.25. The van der Waals surface area contributed by atoms with Crippen LogP contribution in [-0.4, -0.2) is 56.5 Å². The van der Waals surface area contributed by atoms with Gasteiger partial charge < -0.3 is 19.9 Å². The van der Waals surface area contributed by atoms with Crippen molar-refractivity contribution in [1.82, 2.24) is 10.2 Å². The summed E-state index contributed by atoms with van der Waals surface area (Å²) in [5.41, 5.74) is 0.922. The Kier molecular flexibility index (Phi) is 6.27. The maximum absolute atomic E-state index is 9.93. The van der Waals surface area contributed by atoms with Gasteiger partial charge in [-0.25, -0.2) is 0 Å². The zero-order valence-corrected chi connectivity index (χ0v) is 14.8. The maximum atomic E-state index is 9.93. The van der Waals surface area contributed by atoms with E-state index in [-0.39, 0.29) is 18.1 Å². The summed E-state index contributed by atoms with van der Waals surface area (Å²) in [5, 5.41) is 13.3. The van der Waals surface area contributed by atoms with Crippen molar-refractivity contribution in [2.24, 2.45) is 5.41 Å². The van der Waals surface area contributed by atoms with E-state index in [0.29, 0.717) is 6.61 Å². The van der Waals surface area contributed by atoms with Gasteiger partial charge in [0.2, 0.25) is 0 Å². The molecule has 5 heteroatoms. The van der Waals surface area contributed by atoms with Crippen molar-refractivity contribution in [2.75, 3.05) is 46.5 Å². The molecule has 1 heterocycles. The summed E-state index contributed by atoms with van der Waals surface area (Å²) in [4.78, 5) is 2.45. The van der Waals surface area contributed by atoms with Crippen LogP contribution in [0.15, 0.2) is 18.2 Å². The zero-order chi connectivity index (χ0) is 16.9. The average Bonchev–Trinajstić information content (AvgIpc) is 2.56. The molecule has 0 bridgehead atoms. The van der Waals surface area contributed by atoms with Crippen molar-refractivity contribution in [3.05, 3.63) is 23.8 Å². The van der Waals surface area contributed by atoms with Crippen LogP contribution in [0.5, 0.6) is 11.5 Å². The monoisotopic (exact) mass is 322 g/mol. The summed E-state index contributed by atoms with van der Waals surface area (Å²) < 4.78 is 11.1. The predicted octanol–water partition coefficient (Wildman–Crippen LogP) is 2.06. The Balaban J connectivity index is 2.39. The molecule has 0 aromatic heterocycles. The van der Waals surface area contributed by atoms with Gasteiger partial charge in [0.25, 0.3) is 0 Å². The van der Waals surface area contributed by atoms with E-state index < -0.39 is 0 Å². The molecule has 0 amide bonds. The van der Waals surface area contributed by atoms with Gasteiger partial charge in [0.15, 0.2) is 11.5 Å². The Morgan fingerprint density at radius 2 is 1.96 bits per heavy atom. The van der Waals surface area contributed by atoms with Crippen LogP contribution in [0.2, 0.25) is 0 Å². The Morgan fingerprint density at radius 1 is 1.26 bits per heavy atom. The van der Waals surface area contributed by atoms with Crippen LogP contribution in [0.3, 0.4) is 0 Å². The lowest BCUT2D eigenvalue weighted by Crippen LogP contribution is -2.49. The molecule has 130 valence electrons. The van der Waals surface area contributed by atoms with Gasteiger partial charge in [0, 0.05) is 44.2 Å². The van der Waals surface area contributed by atoms with E-state index in [1.807, 2.05) is 13.0 Å². The van der Waals surface area contributed by atoms with Crippen molar-refractivity contribution in [3.8, 4) is 11.5 Å². The molecule has 2 rings (SSSR count). The van der Waals surface area contributed by atoms with Crippen LogP contribution < -0.4 is 14.8 Å². The molecule has 0 spiro atoms. The molecular formula is C18H30N2O3. The second kappa shape index (κ2) is 7.99. The third kappa shape index (κ3) is 4.16. The number of nitrogens with zero attached hydrogens (tertiary/aromatic N) is 1. The first-order valence-electron chi connectivity index (χ1n) is 8.40. The maximum Gasteiger partial charge on any atom is 0.161 e. The van der Waals surface area contributed by atoms with E-state index in [1.54, 1.807) is 7.11 Å². The third-order valence-corrected chi connectivity index (χ3v) is 4.47. The molecule has 0 saturated carbocycles. The molecule has 0 aliphatic carbocycles. The topological polar surface area (TPSA) is 54.0 Å². The zero-order valence-electron chi connectivity index (χ0n) is 14.8. The lowest BCUT2D eigenvalue weighted by Gasteiger charge is -2.43. The van der Waals surface area contributed by atoms with E-state index >= 15 is 0 Å². The standard InChI is InChI=1S/C18H30N2O3/c1-5-23-16-12-14(6-7-15(16)22-4)17(18(2,3)13-21)20-10-8-19-9-11-20/h6-7,12,17,19,21H,5,8-11,13H2,1-4H3/t17-/m0/s1. The lowest BCUT2D eigenvalue weighted by atomic mass is 9.79. The van der Waals surface area contributed by atoms with Crippen molar-refractivity contribution in [3.63, 3.8) is 0 Å². The van der Waals surface area contributed by atoms with Crippen molar-refractivity contribution < 1.29 is 14.6 Å². The van der Waals surface area contributed by atoms with Crippen LogP contribution in [0, 0.1) is 5.41 Å². The first-order valence-corrected chi connectivity index (χ1v) is 8.40. The van der Waals surface area contributed by atoms with Gasteiger partial charge in [0.1, 0.15) is 0 Å². The Bertz CT molecular complexity index is 499. The van der Waals surface area contributed by atoms with Gasteiger partial charge in [-0.15, -0.1) is 0 Å². The normalized spacial score (nSPS) is 17.8. The van der Waals surface area contributed by atoms with Crippen LogP contribution in [0.25, 0.3) is 0 Å². The molecule has 5 nitrogen and oxygen atoms in total. The minimum Gasteiger partial charge on any atom is -0.493 e. The van der Waals surface area contributed by atoms with Gasteiger partial charge in [-0.2, -0.15) is 0 Å². The number of aliphatic hydroxyl groups is 1. The molecule has 1 aliphatic rings. The predicted molar refractivity (Wildman–Crippen MR) is 92.2 cm³/mol. The molecule has 1 saturated heterocycles. The number of piperazine rings is 1. The Labute approximate surface area is 139 Å². The molecule has 1 aromatic carbocycles. The molecule has 2 N–H and O–H groups in total. The summed E-state index contributed by atoms with van der Waals surface area (Å²) in [5.74, 6) is 1.51. The number of ether oxygens (including phenoxy) is 2.